The molecule has 0 bridgehead atoms. The van der Waals surface area contributed by atoms with Crippen molar-refractivity contribution >= 4 is 23.8 Å². The first-order valence-electron chi connectivity index (χ1n) is 8.23. The highest BCUT2D eigenvalue weighted by Gasteiger charge is 2.11. The van der Waals surface area contributed by atoms with Gasteiger partial charge < -0.3 is 10.1 Å². The number of H-pyrrole nitrogens is 1. The molecule has 0 aliphatic heterocycles. The molecule has 1 amide bonds. The van der Waals surface area contributed by atoms with Crippen molar-refractivity contribution in [2.75, 3.05) is 12.4 Å². The number of nitrogens with zero attached hydrogens (tertiary/aromatic N) is 2. The highest BCUT2D eigenvalue weighted by atomic mass is 32.1. The van der Waals surface area contributed by atoms with E-state index >= 15 is 0 Å². The summed E-state index contributed by atoms with van der Waals surface area (Å²) in [4.78, 5) is 12.2. The number of amides is 1. The summed E-state index contributed by atoms with van der Waals surface area (Å²) < 4.78 is 7.49. The summed E-state index contributed by atoms with van der Waals surface area (Å²) in [7, 11) is 1.62. The largest absolute Gasteiger partial charge is 0.497 e. The number of anilines is 1. The lowest BCUT2D eigenvalue weighted by Crippen LogP contribution is -2.15. The number of hydrogen-bond donors (Lipinski definition) is 2. The molecule has 3 rings (SSSR count). The van der Waals surface area contributed by atoms with Crippen LogP contribution in [-0.2, 0) is 11.3 Å². The van der Waals surface area contributed by atoms with E-state index in [4.69, 9.17) is 17.0 Å². The Hall–Kier alpha value is -2.93. The van der Waals surface area contributed by atoms with Crippen molar-refractivity contribution in [3.63, 3.8) is 0 Å². The van der Waals surface area contributed by atoms with Gasteiger partial charge in [0.15, 0.2) is 10.6 Å². The van der Waals surface area contributed by atoms with Gasteiger partial charge in [-0.25, -0.2) is 0 Å². The SMILES string of the molecule is COc1ccc(-c2n[nH]c(=S)n2CCC(=O)Nc2ccc(C)cc2)cc1. The van der Waals surface area contributed by atoms with Crippen molar-refractivity contribution in [1.29, 1.82) is 0 Å². The normalized spacial score (nSPS) is 10.5. The Morgan fingerprint density at radius 2 is 1.88 bits per heavy atom. The molecule has 1 aromatic heterocycles. The molecule has 0 radical (unpaired) electrons. The summed E-state index contributed by atoms with van der Waals surface area (Å²) in [6.45, 7) is 2.45. The zero-order chi connectivity index (χ0) is 18.5. The molecule has 134 valence electrons. The van der Waals surface area contributed by atoms with E-state index in [9.17, 15) is 4.79 Å². The van der Waals surface area contributed by atoms with Crippen LogP contribution in [0.1, 0.15) is 12.0 Å². The van der Waals surface area contributed by atoms with Crippen LogP contribution in [0.25, 0.3) is 11.4 Å². The van der Waals surface area contributed by atoms with Crippen LogP contribution in [0.3, 0.4) is 0 Å². The minimum atomic E-state index is -0.0716. The maximum Gasteiger partial charge on any atom is 0.226 e. The van der Waals surface area contributed by atoms with E-state index in [-0.39, 0.29) is 5.91 Å². The van der Waals surface area contributed by atoms with Gasteiger partial charge in [-0.3, -0.25) is 14.5 Å². The molecule has 3 aromatic rings. The fourth-order valence-electron chi connectivity index (χ4n) is 2.56. The predicted molar refractivity (Wildman–Crippen MR) is 104 cm³/mol. The Bertz CT molecular complexity index is 943. The molecule has 6 nitrogen and oxygen atoms in total. The molecule has 0 fully saturated rings. The van der Waals surface area contributed by atoms with Gasteiger partial charge in [-0.1, -0.05) is 17.7 Å². The lowest BCUT2D eigenvalue weighted by Gasteiger charge is -2.09. The van der Waals surface area contributed by atoms with Crippen molar-refractivity contribution in [3.05, 3.63) is 58.9 Å². The fourth-order valence-corrected chi connectivity index (χ4v) is 2.78. The van der Waals surface area contributed by atoms with Crippen LogP contribution in [0, 0.1) is 11.7 Å². The van der Waals surface area contributed by atoms with Crippen molar-refractivity contribution < 1.29 is 9.53 Å². The molecule has 0 saturated carbocycles. The third-order valence-electron chi connectivity index (χ3n) is 4.00. The molecular formula is C19H20N4O2S. The zero-order valence-electron chi connectivity index (χ0n) is 14.7. The zero-order valence-corrected chi connectivity index (χ0v) is 15.5. The third kappa shape index (κ3) is 4.18. The van der Waals surface area contributed by atoms with Crippen LogP contribution in [0.5, 0.6) is 5.75 Å². The van der Waals surface area contributed by atoms with Crippen LogP contribution in [-0.4, -0.2) is 27.8 Å². The molecule has 0 aliphatic rings. The number of methoxy groups -OCH3 is 1. The van der Waals surface area contributed by atoms with Crippen LogP contribution < -0.4 is 10.1 Å². The van der Waals surface area contributed by atoms with Gasteiger partial charge in [-0.05, 0) is 55.5 Å². The number of aromatic nitrogens is 3. The number of rotatable bonds is 6. The minimum Gasteiger partial charge on any atom is -0.497 e. The van der Waals surface area contributed by atoms with Gasteiger partial charge in [-0.2, -0.15) is 5.10 Å². The lowest BCUT2D eigenvalue weighted by molar-refractivity contribution is -0.116. The number of aryl methyl sites for hydroxylation is 1. The number of aromatic amines is 1. The Labute approximate surface area is 156 Å². The average Bonchev–Trinajstić information content (AvgIpc) is 3.02. The highest BCUT2D eigenvalue weighted by Crippen LogP contribution is 2.21. The molecule has 2 N–H and O–H groups in total. The molecule has 0 saturated heterocycles. The Morgan fingerprint density at radius 3 is 2.54 bits per heavy atom. The van der Waals surface area contributed by atoms with Crippen LogP contribution >= 0.6 is 12.2 Å². The van der Waals surface area contributed by atoms with E-state index in [1.54, 1.807) is 7.11 Å². The predicted octanol–water partition coefficient (Wildman–Crippen LogP) is 3.95. The molecule has 26 heavy (non-hydrogen) atoms. The van der Waals surface area contributed by atoms with Crippen molar-refractivity contribution in [2.24, 2.45) is 0 Å². The summed E-state index contributed by atoms with van der Waals surface area (Å²) in [5.74, 6) is 1.39. The quantitative estimate of drug-likeness (QED) is 0.646. The van der Waals surface area contributed by atoms with Crippen LogP contribution in [0.2, 0.25) is 0 Å². The molecule has 0 aliphatic carbocycles. The maximum atomic E-state index is 12.2. The van der Waals surface area contributed by atoms with Gasteiger partial charge >= 0.3 is 0 Å². The number of ether oxygens (including phenoxy) is 1. The number of carbonyl (C=O) groups is 1. The van der Waals surface area contributed by atoms with E-state index in [2.05, 4.69) is 15.5 Å². The smallest absolute Gasteiger partial charge is 0.226 e. The molecule has 0 unspecified atom stereocenters. The minimum absolute atomic E-state index is 0.0716. The van der Waals surface area contributed by atoms with Crippen molar-refractivity contribution in [1.82, 2.24) is 14.8 Å². The van der Waals surface area contributed by atoms with E-state index in [1.807, 2.05) is 60.0 Å². The monoisotopic (exact) mass is 368 g/mol. The van der Waals surface area contributed by atoms with Crippen LogP contribution in [0.4, 0.5) is 5.69 Å². The maximum absolute atomic E-state index is 12.2. The number of nitrogens with one attached hydrogen (secondary N) is 2. The molecule has 0 atom stereocenters. The Kier molecular flexibility index (Phi) is 5.48. The topological polar surface area (TPSA) is 71.9 Å². The van der Waals surface area contributed by atoms with Gasteiger partial charge in [-0.15, -0.1) is 0 Å². The molecular weight excluding hydrogens is 348 g/mol. The molecule has 7 heteroatoms. The van der Waals surface area contributed by atoms with E-state index in [0.29, 0.717) is 23.6 Å². The summed E-state index contributed by atoms with van der Waals surface area (Å²) in [5.41, 5.74) is 2.83. The molecule has 2 aromatic carbocycles. The van der Waals surface area contributed by atoms with Gasteiger partial charge in [0.2, 0.25) is 5.91 Å². The Morgan fingerprint density at radius 1 is 1.19 bits per heavy atom. The summed E-state index contributed by atoms with van der Waals surface area (Å²) in [6.07, 6.45) is 0.296. The second-order valence-electron chi connectivity index (χ2n) is 5.90. The highest BCUT2D eigenvalue weighted by molar-refractivity contribution is 7.71. The fraction of sp³-hybridized carbons (Fsp3) is 0.211. The number of carbonyl (C=O) groups excluding carboxylic acids is 1. The van der Waals surface area contributed by atoms with Gasteiger partial charge in [0.05, 0.1) is 7.11 Å². The summed E-state index contributed by atoms with van der Waals surface area (Å²) >= 11 is 5.31. The number of hydrogen-bond acceptors (Lipinski definition) is 4. The Balaban J connectivity index is 1.69. The lowest BCUT2D eigenvalue weighted by atomic mass is 10.2. The van der Waals surface area contributed by atoms with Crippen molar-refractivity contribution in [3.8, 4) is 17.1 Å². The first kappa shape index (κ1) is 17.9. The van der Waals surface area contributed by atoms with E-state index < -0.39 is 0 Å². The van der Waals surface area contributed by atoms with Gasteiger partial charge in [0.1, 0.15) is 5.75 Å². The molecule has 1 heterocycles. The van der Waals surface area contributed by atoms with Crippen molar-refractivity contribution in [2.45, 2.75) is 19.9 Å². The van der Waals surface area contributed by atoms with Crippen LogP contribution in [0.15, 0.2) is 48.5 Å². The van der Waals surface area contributed by atoms with Gasteiger partial charge in [0.25, 0.3) is 0 Å². The third-order valence-corrected chi connectivity index (χ3v) is 4.32. The first-order chi connectivity index (χ1) is 12.6. The van der Waals surface area contributed by atoms with E-state index in [0.717, 1.165) is 22.6 Å². The summed E-state index contributed by atoms with van der Waals surface area (Å²) in [6, 6.07) is 15.2. The van der Waals surface area contributed by atoms with Gasteiger partial charge in [0, 0.05) is 24.2 Å². The second-order valence-corrected chi connectivity index (χ2v) is 6.28. The average molecular weight is 368 g/mol. The first-order valence-corrected chi connectivity index (χ1v) is 8.64. The van der Waals surface area contributed by atoms with E-state index in [1.165, 1.54) is 0 Å². The second kappa shape index (κ2) is 7.97. The summed E-state index contributed by atoms with van der Waals surface area (Å²) in [5, 5.41) is 9.98. The molecule has 0 spiro atoms. The number of benzene rings is 2. The standard InChI is InChI=1S/C19H20N4O2S/c1-13-3-7-15(8-4-13)20-17(24)11-12-23-18(21-22-19(23)26)14-5-9-16(25-2)10-6-14/h3-10H,11-12H2,1-2H3,(H,20,24)(H,22,26).